The molecule has 0 N–H and O–H groups in total. The number of rotatable bonds is 4. The molecule has 0 atom stereocenters. The summed E-state index contributed by atoms with van der Waals surface area (Å²) in [7, 11) is 0. The number of carbonyl (C=O) groups excluding carboxylic acids is 1. The fraction of sp³-hybridized carbons (Fsp3) is 0.650. The molecule has 1 amide bonds. The first-order chi connectivity index (χ1) is 12.2. The number of ether oxygens (including phenoxy) is 1. The topological polar surface area (TPSA) is 32.8 Å². The van der Waals surface area contributed by atoms with Crippen molar-refractivity contribution in [3.05, 3.63) is 28.8 Å². The molecule has 4 nitrogen and oxygen atoms in total. The van der Waals surface area contributed by atoms with Gasteiger partial charge in [0.05, 0.1) is 10.6 Å². The SMILES string of the molecule is O=C(c1ccc(OC2CC(N3CCCCC3)C2)cc1Cl)N1CCCC1. The van der Waals surface area contributed by atoms with E-state index in [0.29, 0.717) is 16.6 Å². The maximum atomic E-state index is 12.5. The summed E-state index contributed by atoms with van der Waals surface area (Å²) >= 11 is 6.36. The van der Waals surface area contributed by atoms with E-state index in [0.717, 1.165) is 44.5 Å². The number of amides is 1. The van der Waals surface area contributed by atoms with Crippen LogP contribution in [0.4, 0.5) is 0 Å². The Morgan fingerprint density at radius 2 is 1.68 bits per heavy atom. The smallest absolute Gasteiger partial charge is 0.255 e. The van der Waals surface area contributed by atoms with Crippen molar-refractivity contribution in [1.82, 2.24) is 9.80 Å². The average Bonchev–Trinajstić information content (AvgIpc) is 3.13. The molecular weight excluding hydrogens is 336 g/mol. The van der Waals surface area contributed by atoms with Crippen LogP contribution in [-0.4, -0.2) is 54.0 Å². The third-order valence-corrected chi connectivity index (χ3v) is 6.16. The minimum atomic E-state index is 0.0443. The van der Waals surface area contributed by atoms with E-state index in [-0.39, 0.29) is 12.0 Å². The second-order valence-electron chi connectivity index (χ2n) is 7.60. The van der Waals surface area contributed by atoms with Gasteiger partial charge in [-0.15, -0.1) is 0 Å². The number of likely N-dealkylation sites (tertiary alicyclic amines) is 2. The van der Waals surface area contributed by atoms with E-state index in [1.54, 1.807) is 6.07 Å². The Labute approximate surface area is 155 Å². The molecule has 0 radical (unpaired) electrons. The van der Waals surface area contributed by atoms with E-state index in [2.05, 4.69) is 4.90 Å². The molecule has 4 rings (SSSR count). The van der Waals surface area contributed by atoms with Gasteiger partial charge in [-0.05, 0) is 57.0 Å². The lowest BCUT2D eigenvalue weighted by Crippen LogP contribution is -2.50. The predicted molar refractivity (Wildman–Crippen MR) is 99.5 cm³/mol. The number of halogens is 1. The number of nitrogens with zero attached hydrogens (tertiary/aromatic N) is 2. The lowest BCUT2D eigenvalue weighted by atomic mass is 9.86. The van der Waals surface area contributed by atoms with Gasteiger partial charge in [-0.1, -0.05) is 18.0 Å². The molecule has 0 aromatic heterocycles. The fourth-order valence-corrected chi connectivity index (χ4v) is 4.49. The van der Waals surface area contributed by atoms with E-state index < -0.39 is 0 Å². The summed E-state index contributed by atoms with van der Waals surface area (Å²) in [6.45, 7) is 4.17. The molecular formula is C20H27ClN2O2. The lowest BCUT2D eigenvalue weighted by Gasteiger charge is -2.44. The molecule has 0 spiro atoms. The average molecular weight is 363 g/mol. The largest absolute Gasteiger partial charge is 0.490 e. The van der Waals surface area contributed by atoms with Crippen molar-refractivity contribution >= 4 is 17.5 Å². The molecule has 136 valence electrons. The normalized spacial score (nSPS) is 27.2. The molecule has 2 saturated heterocycles. The van der Waals surface area contributed by atoms with E-state index >= 15 is 0 Å². The first kappa shape index (κ1) is 17.2. The molecule has 2 heterocycles. The van der Waals surface area contributed by atoms with Crippen molar-refractivity contribution < 1.29 is 9.53 Å². The summed E-state index contributed by atoms with van der Waals surface area (Å²) in [5.74, 6) is 0.827. The van der Waals surface area contributed by atoms with Gasteiger partial charge < -0.3 is 14.5 Å². The summed E-state index contributed by atoms with van der Waals surface area (Å²) in [4.78, 5) is 17.0. The highest BCUT2D eigenvalue weighted by atomic mass is 35.5. The number of piperidine rings is 1. The Hall–Kier alpha value is -1.26. The van der Waals surface area contributed by atoms with E-state index in [9.17, 15) is 4.79 Å². The zero-order valence-corrected chi connectivity index (χ0v) is 15.5. The van der Waals surface area contributed by atoms with Crippen LogP contribution in [0.1, 0.15) is 55.3 Å². The minimum absolute atomic E-state index is 0.0443. The number of carbonyl (C=O) groups is 1. The highest BCUT2D eigenvalue weighted by Gasteiger charge is 2.35. The van der Waals surface area contributed by atoms with Crippen molar-refractivity contribution in [1.29, 1.82) is 0 Å². The van der Waals surface area contributed by atoms with Gasteiger partial charge in [-0.3, -0.25) is 4.79 Å². The molecule has 3 fully saturated rings. The molecule has 5 heteroatoms. The van der Waals surface area contributed by atoms with Crippen LogP contribution in [0.2, 0.25) is 5.02 Å². The third kappa shape index (κ3) is 3.80. The lowest BCUT2D eigenvalue weighted by molar-refractivity contribution is 0.00892. The molecule has 0 unspecified atom stereocenters. The molecule has 25 heavy (non-hydrogen) atoms. The molecule has 1 aliphatic carbocycles. The van der Waals surface area contributed by atoms with Crippen LogP contribution in [0.15, 0.2) is 18.2 Å². The third-order valence-electron chi connectivity index (χ3n) is 5.84. The summed E-state index contributed by atoms with van der Waals surface area (Å²) < 4.78 is 6.08. The van der Waals surface area contributed by atoms with E-state index in [1.807, 2.05) is 17.0 Å². The maximum Gasteiger partial charge on any atom is 0.255 e. The molecule has 1 aromatic carbocycles. The van der Waals surface area contributed by atoms with Gasteiger partial charge >= 0.3 is 0 Å². The number of benzene rings is 1. The zero-order chi connectivity index (χ0) is 17.2. The predicted octanol–water partition coefficient (Wildman–Crippen LogP) is 3.97. The van der Waals surface area contributed by atoms with Crippen LogP contribution in [-0.2, 0) is 0 Å². The number of hydrogen-bond donors (Lipinski definition) is 0. The van der Waals surface area contributed by atoms with Gasteiger partial charge in [0.15, 0.2) is 0 Å². The highest BCUT2D eigenvalue weighted by Crippen LogP contribution is 2.33. The van der Waals surface area contributed by atoms with Crippen LogP contribution in [0.3, 0.4) is 0 Å². The van der Waals surface area contributed by atoms with Gasteiger partial charge in [0.25, 0.3) is 5.91 Å². The molecule has 1 aromatic rings. The monoisotopic (exact) mass is 362 g/mol. The first-order valence-electron chi connectivity index (χ1n) is 9.70. The zero-order valence-electron chi connectivity index (χ0n) is 14.8. The maximum absolute atomic E-state index is 12.5. The van der Waals surface area contributed by atoms with Crippen LogP contribution in [0.5, 0.6) is 5.75 Å². The standard InChI is InChI=1S/C20H27ClN2O2/c21-19-14-16(6-7-18(19)20(24)23-10-4-5-11-23)25-17-12-15(13-17)22-8-2-1-3-9-22/h6-7,14-15,17H,1-5,8-13H2. The Balaban J connectivity index is 1.31. The Morgan fingerprint density at radius 3 is 2.36 bits per heavy atom. The van der Waals surface area contributed by atoms with Crippen molar-refractivity contribution in [2.45, 2.75) is 57.1 Å². The van der Waals surface area contributed by atoms with Crippen LogP contribution >= 0.6 is 11.6 Å². The molecule has 0 bridgehead atoms. The van der Waals surface area contributed by atoms with Crippen molar-refractivity contribution in [3.63, 3.8) is 0 Å². The fourth-order valence-electron chi connectivity index (χ4n) is 4.24. The first-order valence-corrected chi connectivity index (χ1v) is 10.1. The Kier molecular flexibility index (Phi) is 5.18. The summed E-state index contributed by atoms with van der Waals surface area (Å²) in [5, 5.41) is 0.501. The van der Waals surface area contributed by atoms with Gasteiger partial charge in [0.2, 0.25) is 0 Å². The van der Waals surface area contributed by atoms with Crippen LogP contribution < -0.4 is 4.74 Å². The van der Waals surface area contributed by atoms with Gasteiger partial charge in [0.1, 0.15) is 11.9 Å². The summed E-state index contributed by atoms with van der Waals surface area (Å²) in [6, 6.07) is 6.21. The van der Waals surface area contributed by atoms with Crippen molar-refractivity contribution in [2.75, 3.05) is 26.2 Å². The summed E-state index contributed by atoms with van der Waals surface area (Å²) in [5.41, 5.74) is 0.593. The van der Waals surface area contributed by atoms with Crippen LogP contribution in [0, 0.1) is 0 Å². The van der Waals surface area contributed by atoms with Crippen molar-refractivity contribution in [2.24, 2.45) is 0 Å². The molecule has 2 aliphatic heterocycles. The number of hydrogen-bond acceptors (Lipinski definition) is 3. The van der Waals surface area contributed by atoms with Crippen LogP contribution in [0.25, 0.3) is 0 Å². The Morgan fingerprint density at radius 1 is 1.00 bits per heavy atom. The highest BCUT2D eigenvalue weighted by molar-refractivity contribution is 6.34. The van der Waals surface area contributed by atoms with Gasteiger partial charge in [0, 0.05) is 32.0 Å². The quantitative estimate of drug-likeness (QED) is 0.812. The molecule has 3 aliphatic rings. The van der Waals surface area contributed by atoms with Gasteiger partial charge in [-0.2, -0.15) is 0 Å². The van der Waals surface area contributed by atoms with Crippen molar-refractivity contribution in [3.8, 4) is 5.75 Å². The second kappa shape index (κ2) is 7.55. The summed E-state index contributed by atoms with van der Waals surface area (Å²) in [6.07, 6.45) is 8.72. The second-order valence-corrected chi connectivity index (χ2v) is 8.01. The van der Waals surface area contributed by atoms with Gasteiger partial charge in [-0.25, -0.2) is 0 Å². The minimum Gasteiger partial charge on any atom is -0.490 e. The Bertz CT molecular complexity index is 618. The van der Waals surface area contributed by atoms with E-state index in [1.165, 1.54) is 32.4 Å². The molecule has 1 saturated carbocycles. The van der Waals surface area contributed by atoms with E-state index in [4.69, 9.17) is 16.3 Å².